The van der Waals surface area contributed by atoms with E-state index >= 15 is 0 Å². The summed E-state index contributed by atoms with van der Waals surface area (Å²) in [7, 11) is 0. The van der Waals surface area contributed by atoms with Gasteiger partial charge in [0.1, 0.15) is 0 Å². The maximum absolute atomic E-state index is 12.5. The highest BCUT2D eigenvalue weighted by molar-refractivity contribution is 6.32. The molecule has 0 N–H and O–H groups in total. The van der Waals surface area contributed by atoms with Crippen LogP contribution >= 0.6 is 11.6 Å². The van der Waals surface area contributed by atoms with Crippen LogP contribution in [0.5, 0.6) is 0 Å². The Balaban J connectivity index is 3.45. The SMILES string of the molecule is N#CCc1c(C(F)F)cnc(C(F)(F)F)c1Cl. The van der Waals surface area contributed by atoms with Crippen LogP contribution in [0.2, 0.25) is 5.02 Å². The summed E-state index contributed by atoms with van der Waals surface area (Å²) in [5.74, 6) is 0. The molecule has 92 valence electrons. The molecule has 1 aromatic rings. The van der Waals surface area contributed by atoms with E-state index in [4.69, 9.17) is 16.9 Å². The van der Waals surface area contributed by atoms with Gasteiger partial charge in [0.25, 0.3) is 6.43 Å². The summed E-state index contributed by atoms with van der Waals surface area (Å²) in [5, 5.41) is 7.44. The molecule has 0 saturated heterocycles. The standard InChI is InChI=1S/C9H4ClF5N2/c10-6-4(1-2-16)5(8(11)12)3-17-7(6)9(13,14)15/h3,8H,1H2. The van der Waals surface area contributed by atoms with Crippen LogP contribution in [0, 0.1) is 11.3 Å². The molecule has 0 unspecified atom stereocenters. The Labute approximate surface area is 97.6 Å². The second kappa shape index (κ2) is 4.84. The number of halogens is 6. The van der Waals surface area contributed by atoms with Crippen LogP contribution in [-0.2, 0) is 12.6 Å². The average Bonchev–Trinajstić information content (AvgIpc) is 2.18. The van der Waals surface area contributed by atoms with Crippen molar-refractivity contribution in [2.24, 2.45) is 0 Å². The minimum absolute atomic E-state index is 0.395. The average molecular weight is 271 g/mol. The Morgan fingerprint density at radius 1 is 1.41 bits per heavy atom. The van der Waals surface area contributed by atoms with Crippen LogP contribution in [0.15, 0.2) is 6.20 Å². The Morgan fingerprint density at radius 2 is 2.00 bits per heavy atom. The lowest BCUT2D eigenvalue weighted by atomic mass is 10.1. The fourth-order valence-corrected chi connectivity index (χ4v) is 1.51. The highest BCUT2D eigenvalue weighted by atomic mass is 35.5. The highest BCUT2D eigenvalue weighted by Gasteiger charge is 2.37. The lowest BCUT2D eigenvalue weighted by Crippen LogP contribution is -2.12. The summed E-state index contributed by atoms with van der Waals surface area (Å²) in [4.78, 5) is 2.87. The van der Waals surface area contributed by atoms with Gasteiger partial charge >= 0.3 is 6.18 Å². The van der Waals surface area contributed by atoms with E-state index in [1.807, 2.05) is 0 Å². The van der Waals surface area contributed by atoms with Gasteiger partial charge in [-0.05, 0) is 5.56 Å². The number of rotatable bonds is 2. The minimum atomic E-state index is -4.85. The van der Waals surface area contributed by atoms with Gasteiger partial charge in [-0.25, -0.2) is 13.8 Å². The van der Waals surface area contributed by atoms with Crippen molar-refractivity contribution in [1.82, 2.24) is 4.98 Å². The van der Waals surface area contributed by atoms with Crippen molar-refractivity contribution in [3.05, 3.63) is 28.0 Å². The molecule has 2 nitrogen and oxygen atoms in total. The number of hydrogen-bond donors (Lipinski definition) is 0. The van der Waals surface area contributed by atoms with Gasteiger partial charge in [0.2, 0.25) is 0 Å². The summed E-state index contributed by atoms with van der Waals surface area (Å²) in [6.45, 7) is 0. The number of aromatic nitrogens is 1. The predicted octanol–water partition coefficient (Wildman–Crippen LogP) is 3.76. The Bertz CT molecular complexity index is 464. The van der Waals surface area contributed by atoms with Crippen molar-refractivity contribution in [3.63, 3.8) is 0 Å². The van der Waals surface area contributed by atoms with Gasteiger partial charge in [-0.3, -0.25) is 0 Å². The van der Waals surface area contributed by atoms with E-state index in [9.17, 15) is 22.0 Å². The summed E-state index contributed by atoms with van der Waals surface area (Å²) in [6, 6.07) is 1.49. The molecule has 0 bridgehead atoms. The molecule has 0 aliphatic heterocycles. The number of pyridine rings is 1. The van der Waals surface area contributed by atoms with E-state index < -0.39 is 40.9 Å². The molecule has 0 aliphatic rings. The Kier molecular flexibility index (Phi) is 3.88. The Morgan fingerprint density at radius 3 is 2.41 bits per heavy atom. The van der Waals surface area contributed by atoms with Crippen LogP contribution < -0.4 is 0 Å². The van der Waals surface area contributed by atoms with E-state index in [2.05, 4.69) is 4.98 Å². The van der Waals surface area contributed by atoms with E-state index in [0.717, 1.165) is 0 Å². The van der Waals surface area contributed by atoms with Gasteiger partial charge in [0.05, 0.1) is 17.5 Å². The van der Waals surface area contributed by atoms with E-state index in [1.54, 1.807) is 0 Å². The monoisotopic (exact) mass is 270 g/mol. The third-order valence-corrected chi connectivity index (χ3v) is 2.32. The lowest BCUT2D eigenvalue weighted by molar-refractivity contribution is -0.141. The summed E-state index contributed by atoms with van der Waals surface area (Å²) in [5.41, 5.74) is -2.76. The first-order valence-electron chi connectivity index (χ1n) is 4.18. The maximum Gasteiger partial charge on any atom is 0.434 e. The van der Waals surface area contributed by atoms with E-state index in [0.29, 0.717) is 6.20 Å². The van der Waals surface area contributed by atoms with Gasteiger partial charge in [0.15, 0.2) is 5.69 Å². The minimum Gasteiger partial charge on any atom is -0.250 e. The van der Waals surface area contributed by atoms with E-state index in [-0.39, 0.29) is 0 Å². The van der Waals surface area contributed by atoms with Crippen LogP contribution in [0.1, 0.15) is 23.2 Å². The largest absolute Gasteiger partial charge is 0.434 e. The normalized spacial score (nSPS) is 11.6. The molecule has 8 heteroatoms. The zero-order chi connectivity index (χ0) is 13.2. The molecule has 0 saturated carbocycles. The zero-order valence-corrected chi connectivity index (χ0v) is 8.78. The van der Waals surface area contributed by atoms with E-state index in [1.165, 1.54) is 6.07 Å². The molecular weight excluding hydrogens is 267 g/mol. The summed E-state index contributed by atoms with van der Waals surface area (Å²) in [6.07, 6.45) is -8.12. The topological polar surface area (TPSA) is 36.7 Å². The third kappa shape index (κ3) is 2.82. The number of nitrogens with zero attached hydrogens (tertiary/aromatic N) is 2. The molecule has 0 atom stereocenters. The summed E-state index contributed by atoms with van der Waals surface area (Å²) < 4.78 is 62.1. The predicted molar refractivity (Wildman–Crippen MR) is 48.5 cm³/mol. The van der Waals surface area contributed by atoms with Crippen molar-refractivity contribution >= 4 is 11.6 Å². The van der Waals surface area contributed by atoms with Crippen molar-refractivity contribution < 1.29 is 22.0 Å². The molecule has 0 amide bonds. The molecule has 0 radical (unpaired) electrons. The van der Waals surface area contributed by atoms with Gasteiger partial charge in [-0.1, -0.05) is 11.6 Å². The number of alkyl halides is 5. The summed E-state index contributed by atoms with van der Waals surface area (Å²) >= 11 is 5.35. The number of nitriles is 1. The molecule has 0 aromatic carbocycles. The number of hydrogen-bond acceptors (Lipinski definition) is 2. The quantitative estimate of drug-likeness (QED) is 0.767. The van der Waals surface area contributed by atoms with Crippen molar-refractivity contribution in [2.75, 3.05) is 0 Å². The van der Waals surface area contributed by atoms with Gasteiger partial charge < -0.3 is 0 Å². The maximum atomic E-state index is 12.5. The molecule has 1 heterocycles. The zero-order valence-electron chi connectivity index (χ0n) is 8.02. The van der Waals surface area contributed by atoms with Crippen LogP contribution in [-0.4, -0.2) is 4.98 Å². The second-order valence-electron chi connectivity index (χ2n) is 2.99. The van der Waals surface area contributed by atoms with Crippen molar-refractivity contribution in [2.45, 2.75) is 19.0 Å². The van der Waals surface area contributed by atoms with Crippen molar-refractivity contribution in [1.29, 1.82) is 5.26 Å². The van der Waals surface area contributed by atoms with Crippen molar-refractivity contribution in [3.8, 4) is 6.07 Å². The molecular formula is C9H4ClF5N2. The van der Waals surface area contributed by atoms with Crippen LogP contribution in [0.4, 0.5) is 22.0 Å². The third-order valence-electron chi connectivity index (χ3n) is 1.91. The van der Waals surface area contributed by atoms with Gasteiger partial charge in [-0.2, -0.15) is 18.4 Å². The van der Waals surface area contributed by atoms with Crippen LogP contribution in [0.25, 0.3) is 0 Å². The molecule has 1 rings (SSSR count). The molecule has 0 aliphatic carbocycles. The lowest BCUT2D eigenvalue weighted by Gasteiger charge is -2.13. The first-order chi connectivity index (χ1) is 7.79. The molecule has 0 fully saturated rings. The molecule has 0 spiro atoms. The fraction of sp³-hybridized carbons (Fsp3) is 0.333. The highest BCUT2D eigenvalue weighted by Crippen LogP contribution is 2.37. The first-order valence-corrected chi connectivity index (χ1v) is 4.56. The molecule has 1 aromatic heterocycles. The first kappa shape index (κ1) is 13.6. The second-order valence-corrected chi connectivity index (χ2v) is 3.37. The fourth-order valence-electron chi connectivity index (χ4n) is 1.18. The molecule has 17 heavy (non-hydrogen) atoms. The van der Waals surface area contributed by atoms with Gasteiger partial charge in [0, 0.05) is 11.8 Å². The Hall–Kier alpha value is -1.42. The van der Waals surface area contributed by atoms with Crippen LogP contribution in [0.3, 0.4) is 0 Å². The van der Waals surface area contributed by atoms with Gasteiger partial charge in [-0.15, -0.1) is 0 Å². The smallest absolute Gasteiger partial charge is 0.250 e.